The van der Waals surface area contributed by atoms with E-state index in [1.54, 1.807) is 6.26 Å². The molecular weight excluding hydrogens is 356 g/mol. The normalized spacial score (nSPS) is 29.2. The standard InChI is InChI=1S/C23H26O5/c1-2-13-24-22-21(26-15-18-11-7-4-8-12-18)20(19-16-27-23(22)28-19)25-14-17-9-5-3-6-10-17/h2-13,19-23H,14-16H2,1H3/t19-,20-,21+,22-,23-/m1/s1. The lowest BCUT2D eigenvalue weighted by atomic mass is 10.00. The SMILES string of the molecule is CC=CO[C@H]1[C@@H]2OC[C@@H](O2)[C@@H](OCc2ccccc2)[C@@H]1OCc1ccccc1. The van der Waals surface area contributed by atoms with Crippen molar-refractivity contribution >= 4 is 0 Å². The molecule has 0 spiro atoms. The van der Waals surface area contributed by atoms with E-state index >= 15 is 0 Å². The Labute approximate surface area is 165 Å². The Morgan fingerprint density at radius 1 is 0.857 bits per heavy atom. The van der Waals surface area contributed by atoms with Gasteiger partial charge < -0.3 is 23.7 Å². The molecule has 2 saturated heterocycles. The molecule has 2 aromatic rings. The first kappa shape index (κ1) is 19.2. The highest BCUT2D eigenvalue weighted by Crippen LogP contribution is 2.34. The molecule has 5 atom stereocenters. The number of hydrogen-bond acceptors (Lipinski definition) is 5. The predicted octanol–water partition coefficient (Wildman–Crippen LogP) is 3.83. The molecule has 2 heterocycles. The van der Waals surface area contributed by atoms with E-state index < -0.39 is 6.29 Å². The largest absolute Gasteiger partial charge is 0.490 e. The zero-order chi connectivity index (χ0) is 19.2. The summed E-state index contributed by atoms with van der Waals surface area (Å²) in [6.07, 6.45) is 1.92. The van der Waals surface area contributed by atoms with Crippen LogP contribution in [0.3, 0.4) is 0 Å². The van der Waals surface area contributed by atoms with Gasteiger partial charge in [0.2, 0.25) is 0 Å². The molecule has 0 saturated carbocycles. The van der Waals surface area contributed by atoms with Gasteiger partial charge in [-0.1, -0.05) is 66.7 Å². The average Bonchev–Trinajstić information content (AvgIpc) is 3.18. The van der Waals surface area contributed by atoms with E-state index in [4.69, 9.17) is 23.7 Å². The molecule has 2 bridgehead atoms. The van der Waals surface area contributed by atoms with E-state index in [0.29, 0.717) is 19.8 Å². The fraction of sp³-hybridized carbons (Fsp3) is 0.391. The summed E-state index contributed by atoms with van der Waals surface area (Å²) in [5.41, 5.74) is 2.21. The molecule has 148 valence electrons. The zero-order valence-corrected chi connectivity index (χ0v) is 16.0. The van der Waals surface area contributed by atoms with Crippen LogP contribution in [0.2, 0.25) is 0 Å². The second-order valence-corrected chi connectivity index (χ2v) is 6.97. The van der Waals surface area contributed by atoms with E-state index in [1.165, 1.54) is 0 Å². The maximum Gasteiger partial charge on any atom is 0.197 e. The third kappa shape index (κ3) is 4.45. The molecule has 2 aliphatic rings. The van der Waals surface area contributed by atoms with Crippen molar-refractivity contribution in [1.29, 1.82) is 0 Å². The second kappa shape index (κ2) is 9.34. The Balaban J connectivity index is 1.51. The van der Waals surface area contributed by atoms with Gasteiger partial charge in [-0.3, -0.25) is 0 Å². The van der Waals surface area contributed by atoms with Gasteiger partial charge in [0, 0.05) is 0 Å². The fourth-order valence-corrected chi connectivity index (χ4v) is 3.57. The van der Waals surface area contributed by atoms with Crippen molar-refractivity contribution in [3.8, 4) is 0 Å². The van der Waals surface area contributed by atoms with Crippen LogP contribution in [0.4, 0.5) is 0 Å². The lowest BCUT2D eigenvalue weighted by molar-refractivity contribution is -0.255. The van der Waals surface area contributed by atoms with Gasteiger partial charge in [-0.2, -0.15) is 0 Å². The molecule has 0 unspecified atom stereocenters. The number of benzene rings is 2. The average molecular weight is 382 g/mol. The number of hydrogen-bond donors (Lipinski definition) is 0. The Kier molecular flexibility index (Phi) is 6.39. The lowest BCUT2D eigenvalue weighted by Crippen LogP contribution is -2.56. The fourth-order valence-electron chi connectivity index (χ4n) is 3.57. The molecule has 28 heavy (non-hydrogen) atoms. The minimum atomic E-state index is -0.446. The summed E-state index contributed by atoms with van der Waals surface area (Å²) in [6.45, 7) is 3.35. The summed E-state index contributed by atoms with van der Waals surface area (Å²) < 4.78 is 30.3. The van der Waals surface area contributed by atoms with Crippen LogP contribution in [0.5, 0.6) is 0 Å². The molecule has 0 N–H and O–H groups in total. The van der Waals surface area contributed by atoms with E-state index in [-0.39, 0.29) is 24.4 Å². The molecule has 2 aromatic carbocycles. The van der Waals surface area contributed by atoms with Crippen LogP contribution in [0.1, 0.15) is 18.1 Å². The Morgan fingerprint density at radius 3 is 2.07 bits per heavy atom. The number of allylic oxidation sites excluding steroid dienone is 1. The highest BCUT2D eigenvalue weighted by atomic mass is 16.8. The topological polar surface area (TPSA) is 46.2 Å². The molecular formula is C23H26O5. The molecule has 2 fully saturated rings. The van der Waals surface area contributed by atoms with Gasteiger partial charge in [0.05, 0.1) is 26.1 Å². The Hall–Kier alpha value is -2.18. The van der Waals surface area contributed by atoms with Gasteiger partial charge in [-0.15, -0.1) is 0 Å². The van der Waals surface area contributed by atoms with Crippen molar-refractivity contribution in [2.24, 2.45) is 0 Å². The molecule has 4 rings (SSSR count). The number of rotatable bonds is 8. The van der Waals surface area contributed by atoms with Crippen LogP contribution in [0, 0.1) is 0 Å². The minimum Gasteiger partial charge on any atom is -0.490 e. The van der Waals surface area contributed by atoms with Gasteiger partial charge in [-0.25, -0.2) is 0 Å². The number of fused-ring (bicyclic) bond motifs is 2. The molecule has 5 nitrogen and oxygen atoms in total. The van der Waals surface area contributed by atoms with Gasteiger partial charge in [-0.05, 0) is 18.1 Å². The Bertz CT molecular complexity index is 748. The highest BCUT2D eigenvalue weighted by molar-refractivity contribution is 5.14. The summed E-state index contributed by atoms with van der Waals surface area (Å²) in [5.74, 6) is 0. The Morgan fingerprint density at radius 2 is 1.46 bits per heavy atom. The zero-order valence-electron chi connectivity index (χ0n) is 16.0. The quantitative estimate of drug-likeness (QED) is 0.650. The predicted molar refractivity (Wildman–Crippen MR) is 104 cm³/mol. The van der Waals surface area contributed by atoms with E-state index in [1.807, 2.05) is 73.7 Å². The third-order valence-corrected chi connectivity index (χ3v) is 4.96. The van der Waals surface area contributed by atoms with Gasteiger partial charge in [0.15, 0.2) is 12.4 Å². The molecule has 0 radical (unpaired) electrons. The summed E-state index contributed by atoms with van der Waals surface area (Å²) in [5, 5.41) is 0. The van der Waals surface area contributed by atoms with Gasteiger partial charge in [0.1, 0.15) is 18.3 Å². The molecule has 0 aliphatic carbocycles. The van der Waals surface area contributed by atoms with E-state index in [2.05, 4.69) is 0 Å². The van der Waals surface area contributed by atoms with Crippen LogP contribution in [0.15, 0.2) is 73.0 Å². The summed E-state index contributed by atoms with van der Waals surface area (Å²) in [7, 11) is 0. The maximum absolute atomic E-state index is 6.32. The smallest absolute Gasteiger partial charge is 0.197 e. The van der Waals surface area contributed by atoms with Crippen LogP contribution < -0.4 is 0 Å². The first-order chi connectivity index (χ1) is 13.8. The van der Waals surface area contributed by atoms with Crippen molar-refractivity contribution in [3.05, 3.63) is 84.1 Å². The van der Waals surface area contributed by atoms with Crippen molar-refractivity contribution < 1.29 is 23.7 Å². The second-order valence-electron chi connectivity index (χ2n) is 6.97. The van der Waals surface area contributed by atoms with Crippen LogP contribution >= 0.6 is 0 Å². The third-order valence-electron chi connectivity index (χ3n) is 4.96. The first-order valence-electron chi connectivity index (χ1n) is 9.70. The summed E-state index contributed by atoms with van der Waals surface area (Å²) in [4.78, 5) is 0. The van der Waals surface area contributed by atoms with Crippen LogP contribution in [-0.4, -0.2) is 37.3 Å². The van der Waals surface area contributed by atoms with Crippen molar-refractivity contribution in [1.82, 2.24) is 0 Å². The van der Waals surface area contributed by atoms with Crippen molar-refractivity contribution in [2.75, 3.05) is 6.61 Å². The molecule has 2 aliphatic heterocycles. The summed E-state index contributed by atoms with van der Waals surface area (Å²) >= 11 is 0. The van der Waals surface area contributed by atoms with E-state index in [9.17, 15) is 0 Å². The van der Waals surface area contributed by atoms with Gasteiger partial charge in [0.25, 0.3) is 0 Å². The number of ether oxygens (including phenoxy) is 5. The first-order valence-corrected chi connectivity index (χ1v) is 9.70. The van der Waals surface area contributed by atoms with Crippen molar-refractivity contribution in [3.63, 3.8) is 0 Å². The molecule has 5 heteroatoms. The lowest BCUT2D eigenvalue weighted by Gasteiger charge is -2.39. The van der Waals surface area contributed by atoms with E-state index in [0.717, 1.165) is 11.1 Å². The van der Waals surface area contributed by atoms with Crippen molar-refractivity contribution in [2.45, 2.75) is 50.8 Å². The molecule has 0 aromatic heterocycles. The monoisotopic (exact) mass is 382 g/mol. The highest BCUT2D eigenvalue weighted by Gasteiger charge is 2.53. The summed E-state index contributed by atoms with van der Waals surface area (Å²) in [6, 6.07) is 20.2. The van der Waals surface area contributed by atoms with Crippen LogP contribution in [0.25, 0.3) is 0 Å². The van der Waals surface area contributed by atoms with Gasteiger partial charge >= 0.3 is 0 Å². The maximum atomic E-state index is 6.32. The van der Waals surface area contributed by atoms with Crippen LogP contribution in [-0.2, 0) is 36.9 Å². The molecule has 0 amide bonds. The minimum absolute atomic E-state index is 0.167.